The first kappa shape index (κ1) is 9.01. The minimum atomic E-state index is -0.496. The molecule has 0 spiro atoms. The van der Waals surface area contributed by atoms with Gasteiger partial charge < -0.3 is 9.84 Å². The largest absolute Gasteiger partial charge is 0.387 e. The standard InChI is InChI=1S/C9H18O2/c1-7(2)8-4-9(10,5-8)6-11-3/h7-8,10H,4-6H2,1-3H3. The molecule has 0 aromatic rings. The lowest BCUT2D eigenvalue weighted by atomic mass is 9.67. The fraction of sp³-hybridized carbons (Fsp3) is 1.00. The minimum Gasteiger partial charge on any atom is -0.387 e. The third-order valence-corrected chi connectivity index (χ3v) is 2.64. The monoisotopic (exact) mass is 158 g/mol. The van der Waals surface area contributed by atoms with E-state index in [1.54, 1.807) is 7.11 Å². The SMILES string of the molecule is COCC1(O)CC(C(C)C)C1. The minimum absolute atomic E-state index is 0.496. The van der Waals surface area contributed by atoms with Crippen molar-refractivity contribution in [3.05, 3.63) is 0 Å². The molecule has 1 aliphatic rings. The van der Waals surface area contributed by atoms with Gasteiger partial charge in [-0.2, -0.15) is 0 Å². The van der Waals surface area contributed by atoms with Gasteiger partial charge in [0.2, 0.25) is 0 Å². The summed E-state index contributed by atoms with van der Waals surface area (Å²) in [6.07, 6.45) is 1.83. The van der Waals surface area contributed by atoms with E-state index in [4.69, 9.17) is 4.74 Å². The molecule has 1 fully saturated rings. The Morgan fingerprint density at radius 1 is 1.55 bits per heavy atom. The maximum Gasteiger partial charge on any atom is 0.0885 e. The van der Waals surface area contributed by atoms with Crippen LogP contribution in [0.2, 0.25) is 0 Å². The van der Waals surface area contributed by atoms with Crippen molar-refractivity contribution in [3.63, 3.8) is 0 Å². The molecule has 0 aliphatic heterocycles. The van der Waals surface area contributed by atoms with Crippen molar-refractivity contribution in [2.75, 3.05) is 13.7 Å². The topological polar surface area (TPSA) is 29.5 Å². The summed E-state index contributed by atoms with van der Waals surface area (Å²) in [5.74, 6) is 1.40. The Bertz CT molecular complexity index is 126. The van der Waals surface area contributed by atoms with E-state index >= 15 is 0 Å². The fourth-order valence-corrected chi connectivity index (χ4v) is 1.77. The molecule has 0 radical (unpaired) electrons. The van der Waals surface area contributed by atoms with E-state index in [9.17, 15) is 5.11 Å². The van der Waals surface area contributed by atoms with Crippen LogP contribution in [0, 0.1) is 11.8 Å². The summed E-state index contributed by atoms with van der Waals surface area (Å²) in [5, 5.41) is 9.70. The van der Waals surface area contributed by atoms with Crippen molar-refractivity contribution < 1.29 is 9.84 Å². The van der Waals surface area contributed by atoms with Crippen LogP contribution in [-0.2, 0) is 4.74 Å². The number of aliphatic hydroxyl groups is 1. The van der Waals surface area contributed by atoms with E-state index in [1.165, 1.54) is 0 Å². The first-order valence-electron chi connectivity index (χ1n) is 4.29. The van der Waals surface area contributed by atoms with Crippen LogP contribution in [-0.4, -0.2) is 24.4 Å². The lowest BCUT2D eigenvalue weighted by Crippen LogP contribution is -2.49. The van der Waals surface area contributed by atoms with Gasteiger partial charge in [0, 0.05) is 7.11 Å². The van der Waals surface area contributed by atoms with Gasteiger partial charge in [-0.1, -0.05) is 13.8 Å². The summed E-state index contributed by atoms with van der Waals surface area (Å²) in [5.41, 5.74) is -0.496. The highest BCUT2D eigenvalue weighted by atomic mass is 16.5. The number of hydrogen-bond acceptors (Lipinski definition) is 2. The normalized spacial score (nSPS) is 37.4. The number of rotatable bonds is 3. The van der Waals surface area contributed by atoms with Crippen LogP contribution in [0.1, 0.15) is 26.7 Å². The molecule has 1 N–H and O–H groups in total. The van der Waals surface area contributed by atoms with Gasteiger partial charge in [0.25, 0.3) is 0 Å². The quantitative estimate of drug-likeness (QED) is 0.673. The van der Waals surface area contributed by atoms with Crippen molar-refractivity contribution >= 4 is 0 Å². The van der Waals surface area contributed by atoms with Crippen molar-refractivity contribution in [2.24, 2.45) is 11.8 Å². The first-order valence-corrected chi connectivity index (χ1v) is 4.29. The molecule has 0 heterocycles. The van der Waals surface area contributed by atoms with Gasteiger partial charge in [0.15, 0.2) is 0 Å². The highest BCUT2D eigenvalue weighted by Crippen LogP contribution is 2.41. The molecule has 0 unspecified atom stereocenters. The predicted molar refractivity (Wildman–Crippen MR) is 44.4 cm³/mol. The molecule has 0 bridgehead atoms. The van der Waals surface area contributed by atoms with Gasteiger partial charge >= 0.3 is 0 Å². The van der Waals surface area contributed by atoms with Gasteiger partial charge in [-0.05, 0) is 24.7 Å². The maximum absolute atomic E-state index is 9.70. The summed E-state index contributed by atoms with van der Waals surface area (Å²) in [6, 6.07) is 0. The average Bonchev–Trinajstić information content (AvgIpc) is 1.82. The molecule has 1 rings (SSSR count). The van der Waals surface area contributed by atoms with Crippen molar-refractivity contribution in [2.45, 2.75) is 32.3 Å². The Balaban J connectivity index is 2.26. The molecule has 2 nitrogen and oxygen atoms in total. The van der Waals surface area contributed by atoms with Crippen molar-refractivity contribution in [1.29, 1.82) is 0 Å². The van der Waals surface area contributed by atoms with E-state index in [-0.39, 0.29) is 0 Å². The van der Waals surface area contributed by atoms with Gasteiger partial charge in [-0.3, -0.25) is 0 Å². The lowest BCUT2D eigenvalue weighted by Gasteiger charge is -2.45. The summed E-state index contributed by atoms with van der Waals surface area (Å²) in [6.45, 7) is 4.91. The maximum atomic E-state index is 9.70. The van der Waals surface area contributed by atoms with E-state index < -0.39 is 5.60 Å². The second kappa shape index (κ2) is 3.11. The predicted octanol–water partition coefficient (Wildman–Crippen LogP) is 1.43. The highest BCUT2D eigenvalue weighted by Gasteiger charge is 2.43. The lowest BCUT2D eigenvalue weighted by molar-refractivity contribution is -0.126. The van der Waals surface area contributed by atoms with Crippen molar-refractivity contribution in [3.8, 4) is 0 Å². The van der Waals surface area contributed by atoms with E-state index in [1.807, 2.05) is 0 Å². The Labute approximate surface area is 68.6 Å². The molecule has 0 amide bonds. The summed E-state index contributed by atoms with van der Waals surface area (Å²) in [7, 11) is 1.64. The van der Waals surface area contributed by atoms with Gasteiger partial charge in [-0.25, -0.2) is 0 Å². The van der Waals surface area contributed by atoms with E-state index in [2.05, 4.69) is 13.8 Å². The van der Waals surface area contributed by atoms with Crippen molar-refractivity contribution in [1.82, 2.24) is 0 Å². The third kappa shape index (κ3) is 1.94. The zero-order valence-corrected chi connectivity index (χ0v) is 7.63. The smallest absolute Gasteiger partial charge is 0.0885 e. The van der Waals surface area contributed by atoms with Crippen LogP contribution in [0.4, 0.5) is 0 Å². The average molecular weight is 158 g/mol. The van der Waals surface area contributed by atoms with Crippen LogP contribution in [0.25, 0.3) is 0 Å². The summed E-state index contributed by atoms with van der Waals surface area (Å²) < 4.78 is 4.93. The van der Waals surface area contributed by atoms with E-state index in [0.717, 1.165) is 12.8 Å². The third-order valence-electron chi connectivity index (χ3n) is 2.64. The van der Waals surface area contributed by atoms with Crippen LogP contribution >= 0.6 is 0 Å². The summed E-state index contributed by atoms with van der Waals surface area (Å²) in [4.78, 5) is 0. The molecule has 66 valence electrons. The molecule has 0 aromatic carbocycles. The Kier molecular flexibility index (Phi) is 2.55. The first-order chi connectivity index (χ1) is 5.07. The second-order valence-electron chi connectivity index (χ2n) is 4.07. The molecule has 0 aromatic heterocycles. The molecule has 11 heavy (non-hydrogen) atoms. The van der Waals surface area contributed by atoms with Crippen LogP contribution < -0.4 is 0 Å². The number of methoxy groups -OCH3 is 1. The molecule has 2 heteroatoms. The van der Waals surface area contributed by atoms with Crippen LogP contribution in [0.15, 0.2) is 0 Å². The zero-order chi connectivity index (χ0) is 8.48. The molecule has 0 saturated heterocycles. The number of hydrogen-bond donors (Lipinski definition) is 1. The molecule has 0 atom stereocenters. The Morgan fingerprint density at radius 2 is 2.09 bits per heavy atom. The van der Waals surface area contributed by atoms with Gasteiger partial charge in [0.05, 0.1) is 12.2 Å². The second-order valence-corrected chi connectivity index (χ2v) is 4.07. The number of ether oxygens (including phenoxy) is 1. The summed E-state index contributed by atoms with van der Waals surface area (Å²) >= 11 is 0. The molecular formula is C9H18O2. The molecule has 1 aliphatic carbocycles. The fourth-order valence-electron chi connectivity index (χ4n) is 1.77. The van der Waals surface area contributed by atoms with Crippen LogP contribution in [0.5, 0.6) is 0 Å². The molecular weight excluding hydrogens is 140 g/mol. The zero-order valence-electron chi connectivity index (χ0n) is 7.63. The van der Waals surface area contributed by atoms with E-state index in [0.29, 0.717) is 18.4 Å². The van der Waals surface area contributed by atoms with Gasteiger partial charge in [-0.15, -0.1) is 0 Å². The Morgan fingerprint density at radius 3 is 2.45 bits per heavy atom. The van der Waals surface area contributed by atoms with Crippen LogP contribution in [0.3, 0.4) is 0 Å². The van der Waals surface area contributed by atoms with Gasteiger partial charge in [0.1, 0.15) is 0 Å². The highest BCUT2D eigenvalue weighted by molar-refractivity contribution is 4.94. The molecule has 1 saturated carbocycles. The Hall–Kier alpha value is -0.0800.